The number of hydrogen-bond donors (Lipinski definition) is 0. The molecule has 1 aliphatic heterocycles. The van der Waals surface area contributed by atoms with Crippen LogP contribution in [0.4, 0.5) is 11.4 Å². The summed E-state index contributed by atoms with van der Waals surface area (Å²) in [6.45, 7) is 17.5. The first-order valence-corrected chi connectivity index (χ1v) is 14.4. The number of rotatable bonds is 4. The topological polar surface area (TPSA) is 6.48 Å². The minimum atomic E-state index is 0.186. The zero-order valence-corrected chi connectivity index (χ0v) is 22.9. The van der Waals surface area contributed by atoms with Gasteiger partial charge in [-0.1, -0.05) is 74.9 Å². The normalized spacial score (nSPS) is 13.0. The molecule has 3 aromatic rings. The van der Waals surface area contributed by atoms with E-state index in [9.17, 15) is 0 Å². The molecular formula is C28H33AgBrN2-. The van der Waals surface area contributed by atoms with Crippen LogP contribution in [-0.2, 0) is 37.4 Å². The Balaban J connectivity index is 0.00000141. The number of fused-ring (bicyclic) bond motifs is 1. The van der Waals surface area contributed by atoms with E-state index in [1.165, 1.54) is 44.8 Å². The average Bonchev–Trinajstić information content (AvgIpc) is 3.09. The minimum absolute atomic E-state index is 0.186. The number of halogens is 1. The standard InChI is InChI=1S/C28H33N2.Ag.BrH/c1-20-15-21(2)25(22(3)16-20)18-30-19-29(26-9-7-8-10-27(26)30)17-23-11-13-24(14-12-23)28(4,5)6;;/h7-16,19H,17-18H2,1-6H3;;1H/q-1;+1;/p-1. The average molecular weight is 585 g/mol. The Morgan fingerprint density at radius 2 is 1.28 bits per heavy atom. The molecule has 0 unspecified atom stereocenters. The summed E-state index contributed by atoms with van der Waals surface area (Å²) in [7, 11) is 0. The predicted molar refractivity (Wildman–Crippen MR) is 138 cm³/mol. The first kappa shape index (κ1) is 25.1. The van der Waals surface area contributed by atoms with Crippen molar-refractivity contribution in [2.45, 2.75) is 60.0 Å². The summed E-state index contributed by atoms with van der Waals surface area (Å²) in [6.07, 6.45) is 0. The third kappa shape index (κ3) is 5.69. The number of anilines is 2. The van der Waals surface area contributed by atoms with Crippen molar-refractivity contribution >= 4 is 24.4 Å². The van der Waals surface area contributed by atoms with Crippen LogP contribution in [0.25, 0.3) is 0 Å². The second kappa shape index (κ2) is 10.6. The van der Waals surface area contributed by atoms with Crippen LogP contribution in [-0.4, -0.2) is 0 Å². The first-order chi connectivity index (χ1) is 15.2. The molecule has 0 aromatic heterocycles. The van der Waals surface area contributed by atoms with Gasteiger partial charge in [0, 0.05) is 24.5 Å². The summed E-state index contributed by atoms with van der Waals surface area (Å²) in [5.41, 5.74) is 10.9. The molecule has 4 rings (SSSR count). The molecule has 2 nitrogen and oxygen atoms in total. The van der Waals surface area contributed by atoms with E-state index in [2.05, 4.69) is 151 Å². The van der Waals surface area contributed by atoms with Crippen LogP contribution in [0.15, 0.2) is 60.7 Å². The predicted octanol–water partition coefficient (Wildman–Crippen LogP) is 7.90. The number of para-hydroxylation sites is 2. The molecule has 1 heterocycles. The molecule has 0 amide bonds. The zero-order valence-electron chi connectivity index (χ0n) is 19.8. The van der Waals surface area contributed by atoms with Crippen LogP contribution in [0.5, 0.6) is 0 Å². The van der Waals surface area contributed by atoms with E-state index < -0.39 is 0 Å². The van der Waals surface area contributed by atoms with E-state index in [1.54, 1.807) is 0 Å². The molecule has 0 atom stereocenters. The molecule has 0 fully saturated rings. The van der Waals surface area contributed by atoms with Gasteiger partial charge in [-0.25, -0.2) is 0 Å². The number of hydrogen-bond acceptors (Lipinski definition) is 2. The molecule has 0 bridgehead atoms. The first-order valence-electron chi connectivity index (χ1n) is 11.0. The van der Waals surface area contributed by atoms with Crippen molar-refractivity contribution in [2.75, 3.05) is 9.80 Å². The van der Waals surface area contributed by atoms with Crippen molar-refractivity contribution < 1.29 is 18.9 Å². The molecule has 174 valence electrons. The van der Waals surface area contributed by atoms with Crippen LogP contribution in [0.2, 0.25) is 0 Å². The van der Waals surface area contributed by atoms with Crippen molar-refractivity contribution in [3.05, 3.63) is 101 Å². The van der Waals surface area contributed by atoms with Crippen LogP contribution in [0, 0.1) is 27.4 Å². The van der Waals surface area contributed by atoms with Crippen LogP contribution in [0.1, 0.15) is 54.2 Å². The van der Waals surface area contributed by atoms with E-state index in [0.717, 1.165) is 13.1 Å². The Hall–Kier alpha value is -1.52. The summed E-state index contributed by atoms with van der Waals surface area (Å²) >= 11 is 5.51. The SMILES string of the molecule is Cc1cc(C)c(CN2[CH-]N(Cc3ccc(C(C)(C)C)cc3)c3ccccc32)c(C)c1.[Br][Ag]. The summed E-state index contributed by atoms with van der Waals surface area (Å²) in [4.78, 5) is 4.77. The van der Waals surface area contributed by atoms with Gasteiger partial charge in [-0.3, -0.25) is 0 Å². The number of benzene rings is 3. The Kier molecular flexibility index (Phi) is 8.32. The Morgan fingerprint density at radius 1 is 0.781 bits per heavy atom. The summed E-state index contributed by atoms with van der Waals surface area (Å²) in [6, 6.07) is 22.4. The maximum absolute atomic E-state index is 2.76. The van der Waals surface area contributed by atoms with Gasteiger partial charge in [0.1, 0.15) is 0 Å². The van der Waals surface area contributed by atoms with Gasteiger partial charge in [-0.15, -0.1) is 0 Å². The molecule has 0 saturated carbocycles. The van der Waals surface area contributed by atoms with E-state index in [1.807, 2.05) is 0 Å². The van der Waals surface area contributed by atoms with Gasteiger partial charge >= 0.3 is 32.0 Å². The van der Waals surface area contributed by atoms with Gasteiger partial charge in [0.15, 0.2) is 0 Å². The van der Waals surface area contributed by atoms with Crippen molar-refractivity contribution in [1.82, 2.24) is 0 Å². The fourth-order valence-electron chi connectivity index (χ4n) is 4.43. The summed E-state index contributed by atoms with van der Waals surface area (Å²) in [5, 5.41) is 0. The van der Waals surface area contributed by atoms with Gasteiger partial charge in [0.25, 0.3) is 0 Å². The molecule has 0 saturated heterocycles. The number of nitrogens with zero attached hydrogens (tertiary/aromatic N) is 2. The monoisotopic (exact) mass is 583 g/mol. The second-order valence-corrected chi connectivity index (χ2v) is 9.68. The third-order valence-corrected chi connectivity index (χ3v) is 6.12. The molecule has 0 spiro atoms. The van der Waals surface area contributed by atoms with Gasteiger partial charge in [-0.05, 0) is 66.1 Å². The van der Waals surface area contributed by atoms with Gasteiger partial charge < -0.3 is 9.80 Å². The number of aryl methyl sites for hydroxylation is 3. The molecule has 0 N–H and O–H groups in total. The Labute approximate surface area is 212 Å². The zero-order chi connectivity index (χ0) is 23.5. The van der Waals surface area contributed by atoms with Crippen LogP contribution in [0.3, 0.4) is 0 Å². The molecular weight excluding hydrogens is 552 g/mol. The van der Waals surface area contributed by atoms with Crippen LogP contribution >= 0.6 is 13.0 Å². The van der Waals surface area contributed by atoms with Gasteiger partial charge in [0.2, 0.25) is 0 Å². The molecule has 1 aliphatic rings. The van der Waals surface area contributed by atoms with Crippen molar-refractivity contribution in [1.29, 1.82) is 0 Å². The fourth-order valence-corrected chi connectivity index (χ4v) is 4.43. The molecule has 3 aromatic carbocycles. The molecule has 0 aliphatic carbocycles. The third-order valence-electron chi connectivity index (χ3n) is 6.12. The fraction of sp³-hybridized carbons (Fsp3) is 0.321. The van der Waals surface area contributed by atoms with E-state index in [4.69, 9.17) is 0 Å². The van der Waals surface area contributed by atoms with Crippen molar-refractivity contribution in [3.63, 3.8) is 0 Å². The maximum atomic E-state index is 2.76. The van der Waals surface area contributed by atoms with E-state index in [0.29, 0.717) is 0 Å². The quantitative estimate of drug-likeness (QED) is 0.227. The summed E-state index contributed by atoms with van der Waals surface area (Å²) in [5.74, 6) is 0. The van der Waals surface area contributed by atoms with Crippen molar-refractivity contribution in [2.24, 2.45) is 0 Å². The van der Waals surface area contributed by atoms with Crippen molar-refractivity contribution in [3.8, 4) is 0 Å². The van der Waals surface area contributed by atoms with E-state index >= 15 is 0 Å². The molecule has 32 heavy (non-hydrogen) atoms. The van der Waals surface area contributed by atoms with E-state index in [-0.39, 0.29) is 5.41 Å². The molecule has 4 heteroatoms. The second-order valence-electron chi connectivity index (χ2n) is 9.68. The molecule has 0 radical (unpaired) electrons. The Morgan fingerprint density at radius 3 is 1.78 bits per heavy atom. The van der Waals surface area contributed by atoms with Gasteiger partial charge in [-0.2, -0.15) is 6.67 Å². The van der Waals surface area contributed by atoms with Gasteiger partial charge in [0.05, 0.1) is 0 Å². The Bertz CT molecular complexity index is 1030. The summed E-state index contributed by atoms with van der Waals surface area (Å²) < 4.78 is 0. The van der Waals surface area contributed by atoms with Crippen LogP contribution < -0.4 is 9.80 Å².